The fraction of sp³-hybridized carbons (Fsp3) is 0.250. The van der Waals surface area contributed by atoms with E-state index in [0.29, 0.717) is 5.82 Å². The van der Waals surface area contributed by atoms with E-state index in [0.717, 1.165) is 22.6 Å². The van der Waals surface area contributed by atoms with Crippen LogP contribution in [0.15, 0.2) is 48.5 Å². The van der Waals surface area contributed by atoms with Crippen molar-refractivity contribution in [2.24, 2.45) is 7.05 Å². The van der Waals surface area contributed by atoms with E-state index >= 15 is 0 Å². The number of hydrogen-bond acceptors (Lipinski definition) is 3. The summed E-state index contributed by atoms with van der Waals surface area (Å²) in [7, 11) is 1.89. The van der Waals surface area contributed by atoms with E-state index in [2.05, 4.69) is 20.8 Å². The minimum atomic E-state index is -0.394. The van der Waals surface area contributed by atoms with E-state index in [1.807, 2.05) is 80.9 Å². The number of aryl methyl sites for hydroxylation is 3. The van der Waals surface area contributed by atoms with Gasteiger partial charge in [0, 0.05) is 12.7 Å². The number of nitrogens with zero attached hydrogens (tertiary/aromatic N) is 3. The van der Waals surface area contributed by atoms with Gasteiger partial charge in [-0.2, -0.15) is 0 Å². The highest BCUT2D eigenvalue weighted by molar-refractivity contribution is 5.89. The first-order valence-electron chi connectivity index (χ1n) is 8.51. The molecule has 2 amide bonds. The molecule has 0 saturated heterocycles. The van der Waals surface area contributed by atoms with Crippen molar-refractivity contribution < 1.29 is 4.79 Å². The van der Waals surface area contributed by atoms with Crippen molar-refractivity contribution in [1.82, 2.24) is 20.1 Å². The monoisotopic (exact) mass is 349 g/mol. The topological polar surface area (TPSA) is 71.8 Å². The van der Waals surface area contributed by atoms with Crippen molar-refractivity contribution in [3.8, 4) is 0 Å². The molecule has 6 heteroatoms. The molecule has 0 spiro atoms. The summed E-state index contributed by atoms with van der Waals surface area (Å²) in [6.07, 6.45) is 0. The molecule has 1 atom stereocenters. The van der Waals surface area contributed by atoms with Gasteiger partial charge in [0.15, 0.2) is 5.82 Å². The van der Waals surface area contributed by atoms with Gasteiger partial charge in [-0.3, -0.25) is 0 Å². The summed E-state index contributed by atoms with van der Waals surface area (Å²) in [6.45, 7) is 5.95. The molecule has 3 rings (SSSR count). The number of carbonyl (C=O) groups excluding carboxylic acids is 1. The van der Waals surface area contributed by atoms with Crippen molar-refractivity contribution in [1.29, 1.82) is 0 Å². The molecule has 1 heterocycles. The van der Waals surface area contributed by atoms with Crippen molar-refractivity contribution in [2.45, 2.75) is 26.8 Å². The van der Waals surface area contributed by atoms with Gasteiger partial charge in [0.05, 0.1) is 0 Å². The van der Waals surface area contributed by atoms with Gasteiger partial charge in [-0.15, -0.1) is 10.2 Å². The Morgan fingerprint density at radius 3 is 2.35 bits per heavy atom. The summed E-state index contributed by atoms with van der Waals surface area (Å²) < 4.78 is 1.88. The van der Waals surface area contributed by atoms with Crippen molar-refractivity contribution in [3.05, 3.63) is 76.9 Å². The van der Waals surface area contributed by atoms with E-state index in [1.165, 1.54) is 5.56 Å². The second-order valence-corrected chi connectivity index (χ2v) is 6.41. The molecular weight excluding hydrogens is 326 g/mol. The number of benzene rings is 2. The minimum Gasteiger partial charge on any atom is -0.324 e. The van der Waals surface area contributed by atoms with Crippen molar-refractivity contribution >= 4 is 11.7 Å². The molecule has 0 unspecified atom stereocenters. The largest absolute Gasteiger partial charge is 0.324 e. The Morgan fingerprint density at radius 1 is 1.00 bits per heavy atom. The van der Waals surface area contributed by atoms with Crippen LogP contribution in [0.2, 0.25) is 0 Å². The molecular formula is C20H23N5O. The first-order valence-corrected chi connectivity index (χ1v) is 8.51. The molecule has 0 fully saturated rings. The van der Waals surface area contributed by atoms with Crippen LogP contribution in [0.1, 0.15) is 34.4 Å². The van der Waals surface area contributed by atoms with Gasteiger partial charge in [-0.1, -0.05) is 36.4 Å². The third-order valence-electron chi connectivity index (χ3n) is 4.56. The molecule has 134 valence electrons. The van der Waals surface area contributed by atoms with E-state index < -0.39 is 6.04 Å². The van der Waals surface area contributed by atoms with Crippen LogP contribution in [0, 0.1) is 20.8 Å². The second kappa shape index (κ2) is 7.39. The molecule has 6 nitrogen and oxygen atoms in total. The molecule has 0 saturated carbocycles. The van der Waals surface area contributed by atoms with E-state index in [4.69, 9.17) is 0 Å². The first kappa shape index (κ1) is 17.7. The molecule has 3 aromatic rings. The van der Waals surface area contributed by atoms with Gasteiger partial charge in [0.1, 0.15) is 11.9 Å². The highest BCUT2D eigenvalue weighted by atomic mass is 16.2. The van der Waals surface area contributed by atoms with E-state index in [1.54, 1.807) is 0 Å². The lowest BCUT2D eigenvalue weighted by Gasteiger charge is -2.19. The Bertz CT molecular complexity index is 917. The average molecular weight is 349 g/mol. The maximum Gasteiger partial charge on any atom is 0.320 e. The fourth-order valence-electron chi connectivity index (χ4n) is 2.73. The summed E-state index contributed by atoms with van der Waals surface area (Å²) >= 11 is 0. The number of anilines is 1. The van der Waals surface area contributed by atoms with Crippen LogP contribution in [-0.4, -0.2) is 20.8 Å². The lowest BCUT2D eigenvalue weighted by atomic mass is 10.1. The SMILES string of the molecule is Cc1ccc(NC(=O)N[C@@H](c2ccccc2)c2nnc(C)n2C)cc1C. The van der Waals surface area contributed by atoms with Crippen LogP contribution in [-0.2, 0) is 7.05 Å². The lowest BCUT2D eigenvalue weighted by molar-refractivity contribution is 0.249. The van der Waals surface area contributed by atoms with E-state index in [9.17, 15) is 4.79 Å². The Kier molecular flexibility index (Phi) is 5.02. The number of rotatable bonds is 4. The van der Waals surface area contributed by atoms with Gasteiger partial charge in [0.2, 0.25) is 0 Å². The third kappa shape index (κ3) is 3.74. The van der Waals surface area contributed by atoms with Crippen LogP contribution in [0.25, 0.3) is 0 Å². The smallest absolute Gasteiger partial charge is 0.320 e. The predicted octanol–water partition coefficient (Wildman–Crippen LogP) is 3.65. The van der Waals surface area contributed by atoms with Gasteiger partial charge in [0.25, 0.3) is 0 Å². The van der Waals surface area contributed by atoms with Crippen molar-refractivity contribution in [2.75, 3.05) is 5.32 Å². The predicted molar refractivity (Wildman–Crippen MR) is 102 cm³/mol. The second-order valence-electron chi connectivity index (χ2n) is 6.41. The molecule has 2 N–H and O–H groups in total. The number of nitrogens with one attached hydrogen (secondary N) is 2. The number of hydrogen-bond donors (Lipinski definition) is 2. The Morgan fingerprint density at radius 2 is 1.73 bits per heavy atom. The van der Waals surface area contributed by atoms with Gasteiger partial charge < -0.3 is 15.2 Å². The normalized spacial score (nSPS) is 11.8. The zero-order valence-corrected chi connectivity index (χ0v) is 15.4. The molecule has 0 aliphatic rings. The maximum absolute atomic E-state index is 12.6. The number of carbonyl (C=O) groups is 1. The quantitative estimate of drug-likeness (QED) is 0.755. The van der Waals surface area contributed by atoms with Crippen LogP contribution >= 0.6 is 0 Å². The molecule has 0 aliphatic heterocycles. The fourth-order valence-corrected chi connectivity index (χ4v) is 2.73. The van der Waals surface area contributed by atoms with Crippen LogP contribution in [0.4, 0.5) is 10.5 Å². The van der Waals surface area contributed by atoms with Crippen LogP contribution in [0.3, 0.4) is 0 Å². The molecule has 2 aromatic carbocycles. The van der Waals surface area contributed by atoms with E-state index in [-0.39, 0.29) is 6.03 Å². The highest BCUT2D eigenvalue weighted by Crippen LogP contribution is 2.21. The third-order valence-corrected chi connectivity index (χ3v) is 4.56. The zero-order valence-electron chi connectivity index (χ0n) is 15.4. The highest BCUT2D eigenvalue weighted by Gasteiger charge is 2.22. The Balaban J connectivity index is 1.84. The Hall–Kier alpha value is -3.15. The standard InChI is InChI=1S/C20H23N5O/c1-13-10-11-17(12-14(13)2)21-20(26)22-18(16-8-6-5-7-9-16)19-24-23-15(3)25(19)4/h5-12,18H,1-4H3,(H2,21,22,26)/t18-/m0/s1. The molecule has 26 heavy (non-hydrogen) atoms. The number of amides is 2. The zero-order chi connectivity index (χ0) is 18.7. The summed E-state index contributed by atoms with van der Waals surface area (Å²) in [4.78, 5) is 12.6. The molecule has 1 aromatic heterocycles. The summed E-state index contributed by atoms with van der Waals surface area (Å²) in [6, 6.07) is 14.9. The van der Waals surface area contributed by atoms with Crippen molar-refractivity contribution in [3.63, 3.8) is 0 Å². The van der Waals surface area contributed by atoms with Crippen LogP contribution < -0.4 is 10.6 Å². The Labute approximate surface area is 153 Å². The van der Waals surface area contributed by atoms with Gasteiger partial charge >= 0.3 is 6.03 Å². The van der Waals surface area contributed by atoms with Crippen LogP contribution in [0.5, 0.6) is 0 Å². The summed E-state index contributed by atoms with van der Waals surface area (Å²) in [5.41, 5.74) is 4.02. The average Bonchev–Trinajstić information content (AvgIpc) is 2.96. The lowest BCUT2D eigenvalue weighted by Crippen LogP contribution is -2.34. The number of urea groups is 1. The number of aromatic nitrogens is 3. The van der Waals surface area contributed by atoms with Gasteiger partial charge in [-0.25, -0.2) is 4.79 Å². The summed E-state index contributed by atoms with van der Waals surface area (Å²) in [5.74, 6) is 1.47. The molecule has 0 aliphatic carbocycles. The van der Waals surface area contributed by atoms with Gasteiger partial charge in [-0.05, 0) is 49.6 Å². The first-order chi connectivity index (χ1) is 12.5. The maximum atomic E-state index is 12.6. The molecule has 0 bridgehead atoms. The minimum absolute atomic E-state index is 0.289. The summed E-state index contributed by atoms with van der Waals surface area (Å²) in [5, 5.41) is 14.3. The molecule has 0 radical (unpaired) electrons.